The van der Waals surface area contributed by atoms with Crippen molar-refractivity contribution in [1.82, 2.24) is 4.72 Å². The van der Waals surface area contributed by atoms with Crippen LogP contribution in [0.3, 0.4) is 0 Å². The molecule has 18 heavy (non-hydrogen) atoms. The maximum absolute atomic E-state index is 11.9. The number of alkyl halides is 1. The van der Waals surface area contributed by atoms with Crippen LogP contribution in [0, 0.1) is 0 Å². The molecule has 0 spiro atoms. The van der Waals surface area contributed by atoms with E-state index in [2.05, 4.69) is 20.7 Å². The molecule has 0 aliphatic carbocycles. The minimum atomic E-state index is -3.54. The summed E-state index contributed by atoms with van der Waals surface area (Å²) < 4.78 is 31.8. The van der Waals surface area contributed by atoms with Gasteiger partial charge in [-0.2, -0.15) is 0 Å². The molecule has 0 radical (unpaired) electrons. The molecule has 0 fully saturated rings. The van der Waals surface area contributed by atoms with Crippen LogP contribution in [0.25, 0.3) is 0 Å². The molecule has 0 aromatic heterocycles. The van der Waals surface area contributed by atoms with Crippen LogP contribution >= 0.6 is 39.1 Å². The molecule has 1 N–H and O–H groups in total. The molecule has 0 atom stereocenters. The first-order valence-electron chi connectivity index (χ1n) is 5.06. The molecule has 4 nitrogen and oxygen atoms in total. The van der Waals surface area contributed by atoms with Gasteiger partial charge in [0, 0.05) is 16.9 Å². The number of hydrogen-bond acceptors (Lipinski definition) is 3. The van der Waals surface area contributed by atoms with E-state index in [9.17, 15) is 8.42 Å². The number of halogens is 3. The topological polar surface area (TPSA) is 55.4 Å². The van der Waals surface area contributed by atoms with Gasteiger partial charge in [0.1, 0.15) is 0 Å². The lowest BCUT2D eigenvalue weighted by atomic mass is 10.4. The summed E-state index contributed by atoms with van der Waals surface area (Å²) in [7, 11) is -3.54. The minimum absolute atomic E-state index is 0.149. The molecule has 0 saturated heterocycles. The van der Waals surface area contributed by atoms with Gasteiger partial charge in [0.2, 0.25) is 10.0 Å². The van der Waals surface area contributed by atoms with E-state index < -0.39 is 10.0 Å². The Kier molecular flexibility index (Phi) is 6.90. The molecule has 0 bridgehead atoms. The first kappa shape index (κ1) is 16.2. The van der Waals surface area contributed by atoms with Crippen molar-refractivity contribution < 1.29 is 13.2 Å². The zero-order chi connectivity index (χ0) is 13.6. The molecule has 1 rings (SSSR count). The Morgan fingerprint density at radius 1 is 1.33 bits per heavy atom. The van der Waals surface area contributed by atoms with Gasteiger partial charge in [0.25, 0.3) is 0 Å². The second-order valence-corrected chi connectivity index (χ2v) is 6.68. The largest absolute Gasteiger partial charge is 0.379 e. The Morgan fingerprint density at radius 2 is 2.06 bits per heavy atom. The normalized spacial score (nSPS) is 11.7. The lowest BCUT2D eigenvalue weighted by Gasteiger charge is -2.07. The van der Waals surface area contributed by atoms with Crippen molar-refractivity contribution in [2.45, 2.75) is 4.90 Å². The summed E-state index contributed by atoms with van der Waals surface area (Å²) >= 11 is 14.4. The number of hydrogen-bond donors (Lipinski definition) is 1. The van der Waals surface area contributed by atoms with Crippen LogP contribution in [0.5, 0.6) is 0 Å². The second kappa shape index (κ2) is 7.67. The number of sulfonamides is 1. The van der Waals surface area contributed by atoms with E-state index in [1.54, 1.807) is 0 Å². The van der Waals surface area contributed by atoms with E-state index in [4.69, 9.17) is 27.9 Å². The van der Waals surface area contributed by atoms with Gasteiger partial charge >= 0.3 is 0 Å². The second-order valence-electron chi connectivity index (χ2n) is 3.28. The smallest absolute Gasteiger partial charge is 0.240 e. The maximum atomic E-state index is 11.9. The maximum Gasteiger partial charge on any atom is 0.240 e. The Balaban J connectivity index is 2.60. The predicted molar refractivity (Wildman–Crippen MR) is 75.9 cm³/mol. The fourth-order valence-electron chi connectivity index (χ4n) is 1.13. The predicted octanol–water partition coefficient (Wildman–Crippen LogP) is 2.64. The zero-order valence-electron chi connectivity index (χ0n) is 9.33. The average molecular weight is 377 g/mol. The minimum Gasteiger partial charge on any atom is -0.379 e. The van der Waals surface area contributed by atoms with Gasteiger partial charge < -0.3 is 4.74 Å². The molecule has 0 aliphatic rings. The van der Waals surface area contributed by atoms with Gasteiger partial charge in [-0.1, -0.05) is 11.6 Å². The van der Waals surface area contributed by atoms with E-state index in [0.29, 0.717) is 22.0 Å². The van der Waals surface area contributed by atoms with Crippen LogP contribution in [-0.2, 0) is 14.8 Å². The van der Waals surface area contributed by atoms with Crippen molar-refractivity contribution in [3.8, 4) is 0 Å². The fourth-order valence-corrected chi connectivity index (χ4v) is 2.93. The van der Waals surface area contributed by atoms with Gasteiger partial charge in [0.15, 0.2) is 0 Å². The Bertz CT molecular complexity index is 496. The van der Waals surface area contributed by atoms with E-state index in [-0.39, 0.29) is 18.0 Å². The summed E-state index contributed by atoms with van der Waals surface area (Å²) in [5.74, 6) is 0.386. The third kappa shape index (κ3) is 5.03. The average Bonchev–Trinajstić information content (AvgIpc) is 2.32. The highest BCUT2D eigenvalue weighted by atomic mass is 79.9. The van der Waals surface area contributed by atoms with Crippen LogP contribution in [0.2, 0.25) is 5.02 Å². The standard InChI is InChI=1S/C10H12BrCl2NO3S/c11-9-7-8(1-2-10(9)13)18(15,16)14-4-6-17-5-3-12/h1-2,7,14H,3-6H2. The summed E-state index contributed by atoms with van der Waals surface area (Å²) in [4.78, 5) is 0.149. The number of benzene rings is 1. The van der Waals surface area contributed by atoms with Crippen LogP contribution in [-0.4, -0.2) is 34.1 Å². The summed E-state index contributed by atoms with van der Waals surface area (Å²) in [5, 5.41) is 0.458. The van der Waals surface area contributed by atoms with Gasteiger partial charge in [-0.05, 0) is 34.1 Å². The molecule has 0 saturated carbocycles. The Labute approximate surface area is 125 Å². The molecule has 0 heterocycles. The number of nitrogens with one attached hydrogen (secondary N) is 1. The van der Waals surface area contributed by atoms with Crippen molar-refractivity contribution in [2.24, 2.45) is 0 Å². The highest BCUT2D eigenvalue weighted by Gasteiger charge is 2.14. The molecule has 8 heteroatoms. The quantitative estimate of drug-likeness (QED) is 0.587. The Morgan fingerprint density at radius 3 is 2.67 bits per heavy atom. The van der Waals surface area contributed by atoms with Crippen molar-refractivity contribution in [3.05, 3.63) is 27.7 Å². The van der Waals surface area contributed by atoms with E-state index in [0.717, 1.165) is 0 Å². The van der Waals surface area contributed by atoms with Crippen LogP contribution in [0.15, 0.2) is 27.6 Å². The van der Waals surface area contributed by atoms with Gasteiger partial charge in [-0.25, -0.2) is 13.1 Å². The molecule has 1 aromatic rings. The van der Waals surface area contributed by atoms with Gasteiger partial charge in [0.05, 0.1) is 23.1 Å². The summed E-state index contributed by atoms with van der Waals surface area (Å²) in [6.45, 7) is 0.871. The highest BCUT2D eigenvalue weighted by molar-refractivity contribution is 9.10. The molecule has 0 unspecified atom stereocenters. The zero-order valence-corrected chi connectivity index (χ0v) is 13.2. The molecule has 0 amide bonds. The van der Waals surface area contributed by atoms with Crippen LogP contribution in [0.1, 0.15) is 0 Å². The first-order chi connectivity index (χ1) is 8.47. The van der Waals surface area contributed by atoms with Gasteiger partial charge in [-0.3, -0.25) is 0 Å². The Hall–Kier alpha value is 0.150. The van der Waals surface area contributed by atoms with Crippen molar-refractivity contribution in [3.63, 3.8) is 0 Å². The van der Waals surface area contributed by atoms with Crippen molar-refractivity contribution >= 4 is 49.2 Å². The summed E-state index contributed by atoms with van der Waals surface area (Å²) in [6, 6.07) is 4.41. The number of ether oxygens (including phenoxy) is 1. The van der Waals surface area contributed by atoms with E-state index >= 15 is 0 Å². The molecule has 102 valence electrons. The molecule has 0 aliphatic heterocycles. The lowest BCUT2D eigenvalue weighted by Crippen LogP contribution is -2.27. The third-order valence-corrected chi connectivity index (χ3v) is 4.79. The van der Waals surface area contributed by atoms with E-state index in [1.165, 1.54) is 18.2 Å². The van der Waals surface area contributed by atoms with Crippen LogP contribution < -0.4 is 4.72 Å². The van der Waals surface area contributed by atoms with Crippen LogP contribution in [0.4, 0.5) is 0 Å². The molecular weight excluding hydrogens is 365 g/mol. The fraction of sp³-hybridized carbons (Fsp3) is 0.400. The van der Waals surface area contributed by atoms with Crippen molar-refractivity contribution in [1.29, 1.82) is 0 Å². The molecule has 1 aromatic carbocycles. The number of rotatable bonds is 7. The lowest BCUT2D eigenvalue weighted by molar-refractivity contribution is 0.155. The van der Waals surface area contributed by atoms with E-state index in [1.807, 2.05) is 0 Å². The highest BCUT2D eigenvalue weighted by Crippen LogP contribution is 2.25. The third-order valence-electron chi connectivity index (χ3n) is 1.96. The van der Waals surface area contributed by atoms with Crippen molar-refractivity contribution in [2.75, 3.05) is 25.6 Å². The first-order valence-corrected chi connectivity index (χ1v) is 8.24. The summed E-state index contributed by atoms with van der Waals surface area (Å²) in [5.41, 5.74) is 0. The SMILES string of the molecule is O=S(=O)(NCCOCCCl)c1ccc(Cl)c(Br)c1. The monoisotopic (exact) mass is 375 g/mol. The summed E-state index contributed by atoms with van der Waals surface area (Å²) in [6.07, 6.45) is 0. The van der Waals surface area contributed by atoms with Gasteiger partial charge in [-0.15, -0.1) is 11.6 Å². The molecular formula is C10H12BrCl2NO3S.